The van der Waals surface area contributed by atoms with E-state index in [-0.39, 0.29) is 0 Å². The number of benzene rings is 1. The van der Waals surface area contributed by atoms with Crippen LogP contribution in [0.3, 0.4) is 0 Å². The van der Waals surface area contributed by atoms with Crippen molar-refractivity contribution in [1.29, 1.82) is 0 Å². The molecule has 0 amide bonds. The zero-order chi connectivity index (χ0) is 14.5. The van der Waals surface area contributed by atoms with Crippen molar-refractivity contribution in [1.82, 2.24) is 9.88 Å². The van der Waals surface area contributed by atoms with Crippen LogP contribution >= 0.6 is 11.3 Å². The Hall–Kier alpha value is -1.13. The smallest absolute Gasteiger partial charge is 0.183 e. The van der Waals surface area contributed by atoms with E-state index in [0.717, 1.165) is 17.2 Å². The number of rotatable bonds is 7. The Kier molecular flexibility index (Phi) is 5.38. The molecule has 0 aliphatic carbocycles. The zero-order valence-corrected chi connectivity index (χ0v) is 13.8. The predicted molar refractivity (Wildman–Crippen MR) is 89.8 cm³/mol. The maximum Gasteiger partial charge on any atom is 0.183 e. The van der Waals surface area contributed by atoms with Gasteiger partial charge in [-0.25, -0.2) is 4.98 Å². The Morgan fingerprint density at radius 2 is 2.10 bits per heavy atom. The van der Waals surface area contributed by atoms with Crippen molar-refractivity contribution in [3.63, 3.8) is 0 Å². The monoisotopic (exact) mass is 291 g/mol. The highest BCUT2D eigenvalue weighted by Crippen LogP contribution is 2.26. The zero-order valence-electron chi connectivity index (χ0n) is 12.9. The summed E-state index contributed by atoms with van der Waals surface area (Å²) >= 11 is 1.74. The molecule has 0 atom stereocenters. The lowest BCUT2D eigenvalue weighted by Crippen LogP contribution is -2.27. The van der Waals surface area contributed by atoms with E-state index in [9.17, 15) is 0 Å². The molecule has 0 unspecified atom stereocenters. The first kappa shape index (κ1) is 15.3. The molecule has 1 aromatic carbocycles. The molecule has 4 heteroatoms. The van der Waals surface area contributed by atoms with E-state index in [1.165, 1.54) is 29.6 Å². The van der Waals surface area contributed by atoms with Crippen LogP contribution in [0.2, 0.25) is 0 Å². The van der Waals surface area contributed by atoms with Gasteiger partial charge in [0, 0.05) is 12.6 Å². The highest BCUT2D eigenvalue weighted by Gasteiger charge is 2.04. The average Bonchev–Trinajstić information content (AvgIpc) is 2.79. The Labute approximate surface area is 126 Å². The Morgan fingerprint density at radius 3 is 2.85 bits per heavy atom. The molecule has 0 aliphatic heterocycles. The van der Waals surface area contributed by atoms with Crippen molar-refractivity contribution in [3.8, 4) is 0 Å². The standard InChI is InChI=1S/C16H25N3S/c1-12(2)19(4)10-6-5-9-17-16-18-14-11-13(3)7-8-15(14)20-16/h7-8,11-12H,5-6,9-10H2,1-4H3,(H,17,18). The van der Waals surface area contributed by atoms with Crippen LogP contribution in [0.4, 0.5) is 5.13 Å². The largest absolute Gasteiger partial charge is 0.361 e. The van der Waals surface area contributed by atoms with Gasteiger partial charge in [0.15, 0.2) is 5.13 Å². The average molecular weight is 291 g/mol. The fourth-order valence-corrected chi connectivity index (χ4v) is 2.92. The first-order valence-corrected chi connectivity index (χ1v) is 8.19. The lowest BCUT2D eigenvalue weighted by Gasteiger charge is -2.20. The summed E-state index contributed by atoms with van der Waals surface area (Å²) in [6, 6.07) is 7.08. The topological polar surface area (TPSA) is 28.2 Å². The minimum atomic E-state index is 0.635. The number of hydrogen-bond donors (Lipinski definition) is 1. The molecule has 0 saturated carbocycles. The number of aromatic nitrogens is 1. The molecule has 0 spiro atoms. The molecular weight excluding hydrogens is 266 g/mol. The van der Waals surface area contributed by atoms with Gasteiger partial charge >= 0.3 is 0 Å². The summed E-state index contributed by atoms with van der Waals surface area (Å²) in [6.45, 7) is 8.75. The second-order valence-electron chi connectivity index (χ2n) is 5.70. The minimum Gasteiger partial charge on any atom is -0.361 e. The van der Waals surface area contributed by atoms with Gasteiger partial charge in [-0.3, -0.25) is 0 Å². The molecule has 1 aromatic heterocycles. The van der Waals surface area contributed by atoms with Gasteiger partial charge in [0.2, 0.25) is 0 Å². The fraction of sp³-hybridized carbons (Fsp3) is 0.562. The third-order valence-electron chi connectivity index (χ3n) is 3.64. The molecule has 1 N–H and O–H groups in total. The number of unbranched alkanes of at least 4 members (excludes halogenated alkanes) is 1. The van der Waals surface area contributed by atoms with Crippen molar-refractivity contribution in [2.24, 2.45) is 0 Å². The van der Waals surface area contributed by atoms with E-state index in [1.807, 2.05) is 0 Å². The molecule has 0 bridgehead atoms. The van der Waals surface area contributed by atoms with Gasteiger partial charge in [-0.2, -0.15) is 0 Å². The molecule has 20 heavy (non-hydrogen) atoms. The number of hydrogen-bond acceptors (Lipinski definition) is 4. The molecule has 110 valence electrons. The summed E-state index contributed by atoms with van der Waals surface area (Å²) in [4.78, 5) is 7.02. The van der Waals surface area contributed by atoms with Gasteiger partial charge in [0.1, 0.15) is 0 Å². The Bertz CT molecular complexity index is 548. The molecule has 0 radical (unpaired) electrons. The van der Waals surface area contributed by atoms with Crippen LogP contribution in [-0.4, -0.2) is 36.1 Å². The van der Waals surface area contributed by atoms with Crippen LogP contribution in [-0.2, 0) is 0 Å². The van der Waals surface area contributed by atoms with E-state index in [2.05, 4.69) is 61.2 Å². The molecule has 3 nitrogen and oxygen atoms in total. The van der Waals surface area contributed by atoms with Crippen molar-refractivity contribution >= 4 is 26.7 Å². The molecule has 0 saturated heterocycles. The first-order chi connectivity index (χ1) is 9.56. The summed E-state index contributed by atoms with van der Waals surface area (Å²) in [5, 5.41) is 4.49. The quantitative estimate of drug-likeness (QED) is 0.777. The van der Waals surface area contributed by atoms with E-state index >= 15 is 0 Å². The van der Waals surface area contributed by atoms with Gasteiger partial charge in [-0.15, -0.1) is 0 Å². The van der Waals surface area contributed by atoms with Crippen LogP contribution in [0, 0.1) is 6.92 Å². The van der Waals surface area contributed by atoms with Crippen LogP contribution < -0.4 is 5.32 Å². The summed E-state index contributed by atoms with van der Waals surface area (Å²) in [5.41, 5.74) is 2.38. The molecule has 0 fully saturated rings. The van der Waals surface area contributed by atoms with Gasteiger partial charge < -0.3 is 10.2 Å². The lowest BCUT2D eigenvalue weighted by molar-refractivity contribution is 0.269. The number of nitrogens with zero attached hydrogens (tertiary/aromatic N) is 2. The van der Waals surface area contributed by atoms with Crippen LogP contribution in [0.1, 0.15) is 32.3 Å². The van der Waals surface area contributed by atoms with E-state index in [4.69, 9.17) is 0 Å². The fourth-order valence-electron chi connectivity index (χ4n) is 2.05. The summed E-state index contributed by atoms with van der Waals surface area (Å²) < 4.78 is 1.26. The summed E-state index contributed by atoms with van der Waals surface area (Å²) in [7, 11) is 2.19. The maximum absolute atomic E-state index is 4.63. The lowest BCUT2D eigenvalue weighted by atomic mass is 10.2. The van der Waals surface area contributed by atoms with Crippen molar-refractivity contribution in [3.05, 3.63) is 23.8 Å². The Morgan fingerprint density at radius 1 is 1.30 bits per heavy atom. The summed E-state index contributed by atoms with van der Waals surface area (Å²) in [6.07, 6.45) is 2.41. The first-order valence-electron chi connectivity index (χ1n) is 7.37. The van der Waals surface area contributed by atoms with E-state index in [0.29, 0.717) is 6.04 Å². The molecular formula is C16H25N3S. The molecule has 0 aliphatic rings. The van der Waals surface area contributed by atoms with Gasteiger partial charge in [0.05, 0.1) is 10.2 Å². The van der Waals surface area contributed by atoms with E-state index in [1.54, 1.807) is 11.3 Å². The van der Waals surface area contributed by atoms with Crippen molar-refractivity contribution in [2.75, 3.05) is 25.5 Å². The van der Waals surface area contributed by atoms with Crippen LogP contribution in [0.5, 0.6) is 0 Å². The van der Waals surface area contributed by atoms with Crippen molar-refractivity contribution < 1.29 is 0 Å². The van der Waals surface area contributed by atoms with E-state index < -0.39 is 0 Å². The van der Waals surface area contributed by atoms with Crippen LogP contribution in [0.15, 0.2) is 18.2 Å². The number of nitrogens with one attached hydrogen (secondary N) is 1. The molecule has 2 aromatic rings. The normalized spacial score (nSPS) is 11.7. The number of thiazole rings is 1. The predicted octanol–water partition coefficient (Wildman–Crippen LogP) is 4.14. The van der Waals surface area contributed by atoms with Crippen LogP contribution in [0.25, 0.3) is 10.2 Å². The third-order valence-corrected chi connectivity index (χ3v) is 4.63. The summed E-state index contributed by atoms with van der Waals surface area (Å²) in [5.74, 6) is 0. The molecule has 2 rings (SSSR count). The number of anilines is 1. The van der Waals surface area contributed by atoms with Crippen molar-refractivity contribution in [2.45, 2.75) is 39.7 Å². The maximum atomic E-state index is 4.63. The highest BCUT2D eigenvalue weighted by molar-refractivity contribution is 7.22. The second-order valence-corrected chi connectivity index (χ2v) is 6.73. The Balaban J connectivity index is 1.76. The number of aryl methyl sites for hydroxylation is 1. The second kappa shape index (κ2) is 7.04. The highest BCUT2D eigenvalue weighted by atomic mass is 32.1. The van der Waals surface area contributed by atoms with Gasteiger partial charge in [-0.05, 0) is 64.9 Å². The number of fused-ring (bicyclic) bond motifs is 1. The van der Waals surface area contributed by atoms with Gasteiger partial charge in [-0.1, -0.05) is 17.4 Å². The molecule has 1 heterocycles. The SMILES string of the molecule is Cc1ccc2sc(NCCCCN(C)C(C)C)nc2c1. The third kappa shape index (κ3) is 4.18. The minimum absolute atomic E-state index is 0.635. The van der Waals surface area contributed by atoms with Gasteiger partial charge in [0.25, 0.3) is 0 Å².